The van der Waals surface area contributed by atoms with Gasteiger partial charge < -0.3 is 10.0 Å². The summed E-state index contributed by atoms with van der Waals surface area (Å²) in [5.41, 5.74) is 2.07. The third-order valence-electron chi connectivity index (χ3n) is 2.33. The van der Waals surface area contributed by atoms with Crippen molar-refractivity contribution in [3.8, 4) is 5.69 Å². The van der Waals surface area contributed by atoms with E-state index in [-0.39, 0.29) is 0 Å². The number of aromatic nitrogens is 2. The second-order valence-corrected chi connectivity index (χ2v) is 3.31. The highest BCUT2D eigenvalue weighted by atomic mass is 16.4. The van der Waals surface area contributed by atoms with Crippen LogP contribution in [0.15, 0.2) is 36.5 Å². The fraction of sp³-hybridized carbons (Fsp3) is 0.100. The molecule has 2 aromatic rings. The maximum absolute atomic E-state index is 9.07. The van der Waals surface area contributed by atoms with E-state index < -0.39 is 7.12 Å². The number of nitrogens with zero attached hydrogens (tertiary/aromatic N) is 2. The van der Waals surface area contributed by atoms with Gasteiger partial charge in [0.25, 0.3) is 0 Å². The summed E-state index contributed by atoms with van der Waals surface area (Å²) < 4.78 is 1.68. The number of hydrogen-bond acceptors (Lipinski definition) is 3. The Morgan fingerprint density at radius 3 is 2.40 bits per heavy atom. The Kier molecular flexibility index (Phi) is 2.57. The maximum atomic E-state index is 9.07. The summed E-state index contributed by atoms with van der Waals surface area (Å²) in [7, 11) is -1.47. The van der Waals surface area contributed by atoms with Crippen molar-refractivity contribution >= 4 is 12.6 Å². The van der Waals surface area contributed by atoms with E-state index >= 15 is 0 Å². The molecule has 0 fully saturated rings. The Labute approximate surface area is 87.9 Å². The molecule has 15 heavy (non-hydrogen) atoms. The van der Waals surface area contributed by atoms with Crippen LogP contribution in [0.3, 0.4) is 0 Å². The molecule has 1 aromatic carbocycles. The summed E-state index contributed by atoms with van der Waals surface area (Å²) in [6, 6.07) is 9.56. The summed E-state index contributed by atoms with van der Waals surface area (Å²) in [5, 5.41) is 22.2. The molecule has 0 aliphatic rings. The van der Waals surface area contributed by atoms with E-state index in [2.05, 4.69) is 5.10 Å². The van der Waals surface area contributed by atoms with Gasteiger partial charge in [0.15, 0.2) is 0 Å². The normalized spacial score (nSPS) is 10.3. The molecule has 0 spiro atoms. The first-order valence-electron chi connectivity index (χ1n) is 4.66. The Morgan fingerprint density at radius 2 is 1.87 bits per heavy atom. The fourth-order valence-corrected chi connectivity index (χ4v) is 1.51. The topological polar surface area (TPSA) is 58.3 Å². The van der Waals surface area contributed by atoms with Gasteiger partial charge in [-0.05, 0) is 19.1 Å². The molecule has 0 saturated carbocycles. The van der Waals surface area contributed by atoms with E-state index in [4.69, 9.17) is 10.0 Å². The standard InChI is InChI=1S/C10H11BN2O2/c1-8-10(11(14)15)7-12-13(8)9-5-3-2-4-6-9/h2-7,14-15H,1H3. The highest BCUT2D eigenvalue weighted by Gasteiger charge is 2.18. The molecule has 76 valence electrons. The predicted molar refractivity (Wildman–Crippen MR) is 58.1 cm³/mol. The molecule has 0 saturated heterocycles. The second-order valence-electron chi connectivity index (χ2n) is 3.31. The molecule has 0 bridgehead atoms. The van der Waals surface area contributed by atoms with Gasteiger partial charge in [-0.2, -0.15) is 5.10 Å². The summed E-state index contributed by atoms with van der Waals surface area (Å²) in [5.74, 6) is 0. The van der Waals surface area contributed by atoms with Gasteiger partial charge in [-0.15, -0.1) is 0 Å². The van der Waals surface area contributed by atoms with Gasteiger partial charge in [-0.1, -0.05) is 18.2 Å². The van der Waals surface area contributed by atoms with Crippen LogP contribution in [0.5, 0.6) is 0 Å². The lowest BCUT2D eigenvalue weighted by Gasteiger charge is -2.04. The van der Waals surface area contributed by atoms with Gasteiger partial charge in [-0.3, -0.25) is 0 Å². The summed E-state index contributed by atoms with van der Waals surface area (Å²) >= 11 is 0. The Bertz CT molecular complexity index is 454. The first-order chi connectivity index (χ1) is 7.20. The highest BCUT2D eigenvalue weighted by Crippen LogP contribution is 2.07. The molecule has 5 heteroatoms. The van der Waals surface area contributed by atoms with Crippen LogP contribution in [0.1, 0.15) is 5.69 Å². The van der Waals surface area contributed by atoms with E-state index in [1.54, 1.807) is 11.6 Å². The van der Waals surface area contributed by atoms with Crippen molar-refractivity contribution in [3.05, 3.63) is 42.2 Å². The van der Waals surface area contributed by atoms with E-state index in [1.807, 2.05) is 30.3 Å². The molecule has 2 rings (SSSR count). The fourth-order valence-electron chi connectivity index (χ4n) is 1.51. The minimum absolute atomic E-state index is 0.429. The van der Waals surface area contributed by atoms with Crippen molar-refractivity contribution in [1.82, 2.24) is 9.78 Å². The number of rotatable bonds is 2. The monoisotopic (exact) mass is 202 g/mol. The van der Waals surface area contributed by atoms with Crippen LogP contribution in [0, 0.1) is 6.92 Å². The molecular formula is C10H11BN2O2. The summed E-state index contributed by atoms with van der Waals surface area (Å²) in [6.45, 7) is 1.80. The van der Waals surface area contributed by atoms with Crippen molar-refractivity contribution in [2.75, 3.05) is 0 Å². The Morgan fingerprint density at radius 1 is 1.20 bits per heavy atom. The van der Waals surface area contributed by atoms with Gasteiger partial charge in [0, 0.05) is 17.4 Å². The molecule has 4 nitrogen and oxygen atoms in total. The van der Waals surface area contributed by atoms with Crippen LogP contribution in [0.2, 0.25) is 0 Å². The minimum atomic E-state index is -1.47. The van der Waals surface area contributed by atoms with Crippen LogP contribution >= 0.6 is 0 Å². The van der Waals surface area contributed by atoms with Gasteiger partial charge >= 0.3 is 7.12 Å². The van der Waals surface area contributed by atoms with Gasteiger partial charge in [-0.25, -0.2) is 4.68 Å². The maximum Gasteiger partial charge on any atom is 0.491 e. The van der Waals surface area contributed by atoms with Crippen molar-refractivity contribution < 1.29 is 10.0 Å². The molecule has 0 unspecified atom stereocenters. The van der Waals surface area contributed by atoms with Gasteiger partial charge in [0.1, 0.15) is 0 Å². The second kappa shape index (κ2) is 3.88. The Balaban J connectivity index is 2.47. The third kappa shape index (κ3) is 1.79. The molecule has 0 radical (unpaired) electrons. The molecule has 0 amide bonds. The molecule has 2 N–H and O–H groups in total. The smallest absolute Gasteiger partial charge is 0.423 e. The molecular weight excluding hydrogens is 191 g/mol. The zero-order chi connectivity index (χ0) is 10.8. The predicted octanol–water partition coefficient (Wildman–Crippen LogP) is -0.139. The lowest BCUT2D eigenvalue weighted by atomic mass is 9.81. The van der Waals surface area contributed by atoms with E-state index in [0.717, 1.165) is 11.4 Å². The van der Waals surface area contributed by atoms with E-state index in [0.29, 0.717) is 5.46 Å². The summed E-state index contributed by atoms with van der Waals surface area (Å²) in [4.78, 5) is 0. The number of benzene rings is 1. The molecule has 0 atom stereocenters. The van der Waals surface area contributed by atoms with Crippen LogP contribution in [-0.4, -0.2) is 26.9 Å². The van der Waals surface area contributed by atoms with Gasteiger partial charge in [0.2, 0.25) is 0 Å². The molecule has 1 heterocycles. The molecule has 0 aliphatic carbocycles. The average molecular weight is 202 g/mol. The highest BCUT2D eigenvalue weighted by molar-refractivity contribution is 6.59. The summed E-state index contributed by atoms with van der Waals surface area (Å²) in [6.07, 6.45) is 1.47. The van der Waals surface area contributed by atoms with Crippen LogP contribution in [-0.2, 0) is 0 Å². The zero-order valence-electron chi connectivity index (χ0n) is 8.33. The average Bonchev–Trinajstić information content (AvgIpc) is 2.61. The molecule has 0 aliphatic heterocycles. The lowest BCUT2D eigenvalue weighted by Crippen LogP contribution is -2.31. The number of para-hydroxylation sites is 1. The quantitative estimate of drug-likeness (QED) is 0.666. The van der Waals surface area contributed by atoms with Gasteiger partial charge in [0.05, 0.1) is 5.69 Å². The first-order valence-corrected chi connectivity index (χ1v) is 4.66. The van der Waals surface area contributed by atoms with Crippen molar-refractivity contribution in [1.29, 1.82) is 0 Å². The minimum Gasteiger partial charge on any atom is -0.423 e. The first kappa shape index (κ1) is 9.95. The number of hydrogen-bond donors (Lipinski definition) is 2. The van der Waals surface area contributed by atoms with Crippen LogP contribution < -0.4 is 5.46 Å². The van der Waals surface area contributed by atoms with Crippen molar-refractivity contribution in [3.63, 3.8) is 0 Å². The Hall–Kier alpha value is -1.59. The molecule has 1 aromatic heterocycles. The SMILES string of the molecule is Cc1c(B(O)O)cnn1-c1ccccc1. The van der Waals surface area contributed by atoms with Crippen molar-refractivity contribution in [2.24, 2.45) is 0 Å². The zero-order valence-corrected chi connectivity index (χ0v) is 8.33. The van der Waals surface area contributed by atoms with E-state index in [9.17, 15) is 0 Å². The largest absolute Gasteiger partial charge is 0.491 e. The van der Waals surface area contributed by atoms with Crippen molar-refractivity contribution in [2.45, 2.75) is 6.92 Å². The lowest BCUT2D eigenvalue weighted by molar-refractivity contribution is 0.425. The van der Waals surface area contributed by atoms with E-state index in [1.165, 1.54) is 6.20 Å². The van der Waals surface area contributed by atoms with Crippen LogP contribution in [0.4, 0.5) is 0 Å². The van der Waals surface area contributed by atoms with Crippen LogP contribution in [0.25, 0.3) is 5.69 Å². The third-order valence-corrected chi connectivity index (χ3v) is 2.33.